The third kappa shape index (κ3) is 4.66. The van der Waals surface area contributed by atoms with E-state index in [0.29, 0.717) is 36.6 Å². The first-order valence-electron chi connectivity index (χ1n) is 9.47. The standard InChI is InChI=1S/C22H20ClN3O2S/c23-17-6-4-5-16(13-17)21-25-19(14-29-21)22(28)26-11-9-15(10-12-26)20(27)24-18-7-2-1-3-8-18/h1-8,13-15H,9-12H2,(H,24,27). The molecule has 1 fully saturated rings. The summed E-state index contributed by atoms with van der Waals surface area (Å²) in [4.78, 5) is 31.6. The summed E-state index contributed by atoms with van der Waals surface area (Å²) in [5.41, 5.74) is 2.14. The van der Waals surface area contributed by atoms with E-state index in [9.17, 15) is 9.59 Å². The zero-order valence-corrected chi connectivity index (χ0v) is 17.2. The van der Waals surface area contributed by atoms with Gasteiger partial charge in [0.25, 0.3) is 5.91 Å². The quantitative estimate of drug-likeness (QED) is 0.643. The Hall–Kier alpha value is -2.70. The number of hydrogen-bond acceptors (Lipinski definition) is 4. The molecule has 1 aliphatic rings. The van der Waals surface area contributed by atoms with Gasteiger partial charge in [0.05, 0.1) is 0 Å². The minimum atomic E-state index is -0.0866. The average Bonchev–Trinajstić information content (AvgIpc) is 3.24. The molecule has 0 aliphatic carbocycles. The van der Waals surface area contributed by atoms with E-state index in [1.165, 1.54) is 11.3 Å². The monoisotopic (exact) mass is 425 g/mol. The molecule has 4 rings (SSSR count). The lowest BCUT2D eigenvalue weighted by Crippen LogP contribution is -2.41. The van der Waals surface area contributed by atoms with E-state index in [-0.39, 0.29) is 17.7 Å². The maximum absolute atomic E-state index is 12.8. The van der Waals surface area contributed by atoms with Gasteiger partial charge in [-0.05, 0) is 37.1 Å². The molecule has 2 aromatic carbocycles. The lowest BCUT2D eigenvalue weighted by Gasteiger charge is -2.30. The van der Waals surface area contributed by atoms with Gasteiger partial charge in [0, 0.05) is 40.7 Å². The minimum Gasteiger partial charge on any atom is -0.337 e. The number of rotatable bonds is 4. The summed E-state index contributed by atoms with van der Waals surface area (Å²) >= 11 is 7.47. The summed E-state index contributed by atoms with van der Waals surface area (Å²) in [6, 6.07) is 16.9. The SMILES string of the molecule is O=C(Nc1ccccc1)C1CCN(C(=O)c2csc(-c3cccc(Cl)c3)n2)CC1. The maximum Gasteiger partial charge on any atom is 0.273 e. The highest BCUT2D eigenvalue weighted by molar-refractivity contribution is 7.13. The highest BCUT2D eigenvalue weighted by Gasteiger charge is 2.28. The predicted molar refractivity (Wildman–Crippen MR) is 116 cm³/mol. The molecule has 0 unspecified atom stereocenters. The highest BCUT2D eigenvalue weighted by Crippen LogP contribution is 2.27. The Morgan fingerprint density at radius 1 is 1.07 bits per heavy atom. The second kappa shape index (κ2) is 8.76. The Morgan fingerprint density at radius 2 is 1.83 bits per heavy atom. The number of aromatic nitrogens is 1. The van der Waals surface area contributed by atoms with Gasteiger partial charge in [0.2, 0.25) is 5.91 Å². The fourth-order valence-electron chi connectivity index (χ4n) is 3.40. The van der Waals surface area contributed by atoms with Crippen LogP contribution in [0.15, 0.2) is 60.0 Å². The molecule has 1 saturated heterocycles. The van der Waals surface area contributed by atoms with Crippen molar-refractivity contribution in [2.24, 2.45) is 5.92 Å². The van der Waals surface area contributed by atoms with Crippen molar-refractivity contribution in [1.29, 1.82) is 0 Å². The number of thiazole rings is 1. The van der Waals surface area contributed by atoms with E-state index >= 15 is 0 Å². The van der Waals surface area contributed by atoms with Crippen molar-refractivity contribution in [3.8, 4) is 10.6 Å². The van der Waals surface area contributed by atoms with Crippen LogP contribution in [0, 0.1) is 5.92 Å². The molecule has 0 spiro atoms. The number of anilines is 1. The van der Waals surface area contributed by atoms with Crippen molar-refractivity contribution in [3.63, 3.8) is 0 Å². The van der Waals surface area contributed by atoms with E-state index in [4.69, 9.17) is 11.6 Å². The number of nitrogens with one attached hydrogen (secondary N) is 1. The molecule has 1 N–H and O–H groups in total. The molecule has 3 aromatic rings. The summed E-state index contributed by atoms with van der Waals surface area (Å²) in [7, 11) is 0. The lowest BCUT2D eigenvalue weighted by atomic mass is 9.95. The Balaban J connectivity index is 1.35. The third-order valence-corrected chi connectivity index (χ3v) is 6.12. The molecule has 2 amide bonds. The number of para-hydroxylation sites is 1. The smallest absolute Gasteiger partial charge is 0.273 e. The van der Waals surface area contributed by atoms with Crippen LogP contribution in [0.2, 0.25) is 5.02 Å². The van der Waals surface area contributed by atoms with Gasteiger partial charge < -0.3 is 10.2 Å². The van der Waals surface area contributed by atoms with Crippen LogP contribution in [-0.4, -0.2) is 34.8 Å². The largest absolute Gasteiger partial charge is 0.337 e. The van der Waals surface area contributed by atoms with Crippen molar-refractivity contribution in [1.82, 2.24) is 9.88 Å². The zero-order chi connectivity index (χ0) is 20.2. The fourth-order valence-corrected chi connectivity index (χ4v) is 4.38. The molecule has 7 heteroatoms. The normalized spacial score (nSPS) is 14.6. The van der Waals surface area contributed by atoms with Crippen LogP contribution in [0.1, 0.15) is 23.3 Å². The summed E-state index contributed by atoms with van der Waals surface area (Å²) in [5, 5.41) is 6.15. The van der Waals surface area contributed by atoms with Gasteiger partial charge in [0.1, 0.15) is 10.7 Å². The number of benzene rings is 2. The summed E-state index contributed by atoms with van der Waals surface area (Å²) in [6.45, 7) is 1.10. The third-order valence-electron chi connectivity index (χ3n) is 4.99. The number of nitrogens with zero attached hydrogens (tertiary/aromatic N) is 2. The number of halogens is 1. The highest BCUT2D eigenvalue weighted by atomic mass is 35.5. The first-order valence-corrected chi connectivity index (χ1v) is 10.7. The molecule has 0 radical (unpaired) electrons. The maximum atomic E-state index is 12.8. The van der Waals surface area contributed by atoms with E-state index < -0.39 is 0 Å². The van der Waals surface area contributed by atoms with Crippen molar-refractivity contribution in [2.45, 2.75) is 12.8 Å². The molecule has 148 valence electrons. The summed E-state index contributed by atoms with van der Waals surface area (Å²) in [6.07, 6.45) is 1.30. The van der Waals surface area contributed by atoms with Crippen LogP contribution in [0.4, 0.5) is 5.69 Å². The van der Waals surface area contributed by atoms with Gasteiger partial charge in [-0.1, -0.05) is 41.9 Å². The lowest BCUT2D eigenvalue weighted by molar-refractivity contribution is -0.121. The summed E-state index contributed by atoms with van der Waals surface area (Å²) < 4.78 is 0. The van der Waals surface area contributed by atoms with Crippen molar-refractivity contribution in [3.05, 3.63) is 70.7 Å². The molecule has 1 aromatic heterocycles. The fraction of sp³-hybridized carbons (Fsp3) is 0.227. The number of carbonyl (C=O) groups is 2. The average molecular weight is 426 g/mol. The number of hydrogen-bond donors (Lipinski definition) is 1. The predicted octanol–water partition coefficient (Wildman–Crippen LogP) is 4.95. The second-order valence-corrected chi connectivity index (χ2v) is 8.26. The number of likely N-dealkylation sites (tertiary alicyclic amines) is 1. The van der Waals surface area contributed by atoms with Crippen molar-refractivity contribution < 1.29 is 9.59 Å². The molecule has 2 heterocycles. The van der Waals surface area contributed by atoms with Crippen LogP contribution in [0.3, 0.4) is 0 Å². The number of amides is 2. The van der Waals surface area contributed by atoms with Gasteiger partial charge in [-0.2, -0.15) is 0 Å². The molecule has 0 bridgehead atoms. The molecular weight excluding hydrogens is 406 g/mol. The van der Waals surface area contributed by atoms with Gasteiger partial charge in [-0.25, -0.2) is 4.98 Å². The van der Waals surface area contributed by atoms with Crippen LogP contribution >= 0.6 is 22.9 Å². The minimum absolute atomic E-state index is 0.0141. The Bertz CT molecular complexity index is 1010. The Kier molecular flexibility index (Phi) is 5.92. The molecular formula is C22H20ClN3O2S. The van der Waals surface area contributed by atoms with Crippen LogP contribution < -0.4 is 5.32 Å². The Labute approximate surface area is 178 Å². The number of piperidine rings is 1. The van der Waals surface area contributed by atoms with E-state index in [2.05, 4.69) is 10.3 Å². The van der Waals surface area contributed by atoms with Crippen LogP contribution in [0.25, 0.3) is 10.6 Å². The first kappa shape index (κ1) is 19.6. The topological polar surface area (TPSA) is 62.3 Å². The van der Waals surface area contributed by atoms with Crippen molar-refractivity contribution >= 4 is 40.4 Å². The summed E-state index contributed by atoms with van der Waals surface area (Å²) in [5.74, 6) is -0.159. The van der Waals surface area contributed by atoms with Crippen molar-refractivity contribution in [2.75, 3.05) is 18.4 Å². The van der Waals surface area contributed by atoms with Crippen LogP contribution in [0.5, 0.6) is 0 Å². The molecule has 0 saturated carbocycles. The van der Waals surface area contributed by atoms with Gasteiger partial charge in [-0.15, -0.1) is 11.3 Å². The van der Waals surface area contributed by atoms with Gasteiger partial charge in [0.15, 0.2) is 0 Å². The zero-order valence-electron chi connectivity index (χ0n) is 15.7. The molecule has 0 atom stereocenters. The molecule has 5 nitrogen and oxygen atoms in total. The Morgan fingerprint density at radius 3 is 2.55 bits per heavy atom. The first-order chi connectivity index (χ1) is 14.1. The van der Waals surface area contributed by atoms with Crippen LogP contribution in [-0.2, 0) is 4.79 Å². The molecule has 29 heavy (non-hydrogen) atoms. The van der Waals surface area contributed by atoms with Gasteiger partial charge in [-0.3, -0.25) is 9.59 Å². The van der Waals surface area contributed by atoms with E-state index in [1.807, 2.05) is 54.6 Å². The second-order valence-electron chi connectivity index (χ2n) is 6.97. The number of carbonyl (C=O) groups excluding carboxylic acids is 2. The molecule has 1 aliphatic heterocycles. The van der Waals surface area contributed by atoms with Gasteiger partial charge >= 0.3 is 0 Å². The van der Waals surface area contributed by atoms with E-state index in [0.717, 1.165) is 16.3 Å². The van der Waals surface area contributed by atoms with E-state index in [1.54, 1.807) is 10.3 Å².